The van der Waals surface area contributed by atoms with Gasteiger partial charge in [-0.2, -0.15) is 0 Å². The molecule has 2 aliphatic heterocycles. The molecule has 2 aromatic rings. The fourth-order valence-corrected chi connectivity index (χ4v) is 5.29. The quantitative estimate of drug-likeness (QED) is 0.785. The van der Waals surface area contributed by atoms with Gasteiger partial charge < -0.3 is 0 Å². The fraction of sp³-hybridized carbons (Fsp3) is 0.400. The minimum Gasteiger partial charge on any atom is -0.273 e. The molecule has 106 valence electrons. The highest BCUT2D eigenvalue weighted by atomic mass is 15.3. The maximum Gasteiger partial charge on any atom is 0.0732 e. The number of hydrogen-bond acceptors (Lipinski definition) is 1. The van der Waals surface area contributed by atoms with E-state index < -0.39 is 0 Å². The fourth-order valence-electron chi connectivity index (χ4n) is 5.29. The van der Waals surface area contributed by atoms with Crippen LogP contribution in [0.2, 0.25) is 0 Å². The molecule has 5 rings (SSSR count). The topological polar surface area (TPSA) is 3.24 Å². The maximum absolute atomic E-state index is 2.86. The largest absolute Gasteiger partial charge is 0.273 e. The van der Waals surface area contributed by atoms with Crippen molar-refractivity contribution in [2.24, 2.45) is 0 Å². The van der Waals surface area contributed by atoms with Crippen LogP contribution in [0.4, 0.5) is 0 Å². The lowest BCUT2D eigenvalue weighted by Crippen LogP contribution is -2.45. The second kappa shape index (κ2) is 3.59. The molecule has 0 saturated heterocycles. The Morgan fingerprint density at radius 3 is 1.81 bits per heavy atom. The summed E-state index contributed by atoms with van der Waals surface area (Å²) in [6.07, 6.45) is 3.88. The van der Waals surface area contributed by atoms with E-state index in [1.54, 1.807) is 11.1 Å². The molecule has 1 nitrogen and oxygen atoms in total. The Morgan fingerprint density at radius 1 is 0.905 bits per heavy atom. The number of rotatable bonds is 2. The molecule has 0 radical (unpaired) electrons. The highest BCUT2D eigenvalue weighted by molar-refractivity contribution is 5.65. The van der Waals surface area contributed by atoms with Gasteiger partial charge in [-0.3, -0.25) is 4.90 Å². The van der Waals surface area contributed by atoms with Gasteiger partial charge in [-0.15, -0.1) is 0 Å². The predicted molar refractivity (Wildman–Crippen MR) is 85.3 cm³/mol. The molecule has 0 aromatic heterocycles. The van der Waals surface area contributed by atoms with E-state index in [4.69, 9.17) is 0 Å². The van der Waals surface area contributed by atoms with Crippen LogP contribution in [0.15, 0.2) is 48.5 Å². The van der Waals surface area contributed by atoms with Crippen molar-refractivity contribution in [1.29, 1.82) is 0 Å². The molecule has 0 unspecified atom stereocenters. The van der Waals surface area contributed by atoms with Crippen LogP contribution in [-0.2, 0) is 11.1 Å². The summed E-state index contributed by atoms with van der Waals surface area (Å²) in [5, 5.41) is 0. The van der Waals surface area contributed by atoms with E-state index in [1.807, 2.05) is 0 Å². The zero-order chi connectivity index (χ0) is 14.2. The molecule has 1 saturated carbocycles. The van der Waals surface area contributed by atoms with Crippen LogP contribution in [0, 0.1) is 0 Å². The molecule has 2 heterocycles. The van der Waals surface area contributed by atoms with Crippen LogP contribution in [0.1, 0.15) is 55.4 Å². The van der Waals surface area contributed by atoms with E-state index >= 15 is 0 Å². The van der Waals surface area contributed by atoms with Gasteiger partial charge in [-0.1, -0.05) is 55.5 Å². The van der Waals surface area contributed by atoms with Crippen LogP contribution < -0.4 is 0 Å². The standard InChI is InChI=1S/C20H21N/c1-3-20-17-10-6-4-8-15(17)19(2,21(20)14-12-13-14)16-9-5-7-11-18(16)20/h4-11,14H,3,12-13H2,1-2H3. The Kier molecular flexibility index (Phi) is 2.05. The molecule has 0 amide bonds. The van der Waals surface area contributed by atoms with E-state index in [1.165, 1.54) is 24.0 Å². The summed E-state index contributed by atoms with van der Waals surface area (Å²) in [5.74, 6) is 0. The van der Waals surface area contributed by atoms with Crippen molar-refractivity contribution in [2.45, 2.75) is 50.2 Å². The van der Waals surface area contributed by atoms with Gasteiger partial charge in [-0.05, 0) is 48.4 Å². The zero-order valence-corrected chi connectivity index (χ0v) is 12.8. The first-order chi connectivity index (χ1) is 10.2. The van der Waals surface area contributed by atoms with E-state index in [2.05, 4.69) is 67.3 Å². The Morgan fingerprint density at radius 2 is 1.38 bits per heavy atom. The van der Waals surface area contributed by atoms with Crippen molar-refractivity contribution in [3.8, 4) is 0 Å². The molecule has 0 atom stereocenters. The van der Waals surface area contributed by atoms with Crippen molar-refractivity contribution in [2.75, 3.05) is 0 Å². The normalized spacial score (nSPS) is 33.0. The first-order valence-corrected chi connectivity index (χ1v) is 8.24. The monoisotopic (exact) mass is 275 g/mol. The molecule has 21 heavy (non-hydrogen) atoms. The van der Waals surface area contributed by atoms with Crippen molar-refractivity contribution < 1.29 is 0 Å². The molecule has 1 heteroatoms. The summed E-state index contributed by atoms with van der Waals surface area (Å²) in [6.45, 7) is 4.81. The lowest BCUT2D eigenvalue weighted by atomic mass is 9.72. The van der Waals surface area contributed by atoms with Crippen LogP contribution in [0.25, 0.3) is 0 Å². The highest BCUT2D eigenvalue weighted by Gasteiger charge is 2.66. The Labute approximate surface area is 126 Å². The van der Waals surface area contributed by atoms with Gasteiger partial charge in [0, 0.05) is 6.04 Å². The molecular weight excluding hydrogens is 254 g/mol. The molecule has 2 aromatic carbocycles. The third kappa shape index (κ3) is 1.12. The zero-order valence-electron chi connectivity index (χ0n) is 12.8. The van der Waals surface area contributed by atoms with E-state index in [0.717, 1.165) is 12.5 Å². The van der Waals surface area contributed by atoms with Gasteiger partial charge in [0.2, 0.25) is 0 Å². The number of fused-ring (bicyclic) bond motifs is 8. The van der Waals surface area contributed by atoms with Gasteiger partial charge in [-0.25, -0.2) is 0 Å². The van der Waals surface area contributed by atoms with Gasteiger partial charge >= 0.3 is 0 Å². The highest BCUT2D eigenvalue weighted by Crippen LogP contribution is 2.66. The van der Waals surface area contributed by atoms with Gasteiger partial charge in [0.25, 0.3) is 0 Å². The predicted octanol–water partition coefficient (Wildman–Crippen LogP) is 4.40. The van der Waals surface area contributed by atoms with Crippen molar-refractivity contribution in [3.63, 3.8) is 0 Å². The van der Waals surface area contributed by atoms with Gasteiger partial charge in [0.15, 0.2) is 0 Å². The summed E-state index contributed by atoms with van der Waals surface area (Å²) in [5.41, 5.74) is 6.38. The lowest BCUT2D eigenvalue weighted by molar-refractivity contribution is 0.0727. The summed E-state index contributed by atoms with van der Waals surface area (Å²) < 4.78 is 0. The lowest BCUT2D eigenvalue weighted by Gasteiger charge is -2.39. The Bertz CT molecular complexity index is 694. The first-order valence-electron chi connectivity index (χ1n) is 8.24. The third-order valence-corrected chi connectivity index (χ3v) is 6.11. The third-order valence-electron chi connectivity index (χ3n) is 6.11. The minimum atomic E-state index is 0.0738. The van der Waals surface area contributed by atoms with E-state index in [0.29, 0.717) is 0 Å². The molecule has 0 spiro atoms. The van der Waals surface area contributed by atoms with Crippen LogP contribution in [-0.4, -0.2) is 10.9 Å². The Hall–Kier alpha value is -1.60. The number of hydrogen-bond donors (Lipinski definition) is 0. The van der Waals surface area contributed by atoms with Crippen LogP contribution in [0.3, 0.4) is 0 Å². The summed E-state index contributed by atoms with van der Waals surface area (Å²) in [6, 6.07) is 19.1. The van der Waals surface area contributed by atoms with E-state index in [-0.39, 0.29) is 11.1 Å². The minimum absolute atomic E-state index is 0.0738. The smallest absolute Gasteiger partial charge is 0.0732 e. The second-order valence-corrected chi connectivity index (χ2v) is 6.98. The average Bonchev–Trinajstić information content (AvgIpc) is 3.30. The molecule has 1 aliphatic carbocycles. The maximum atomic E-state index is 2.86. The molecular formula is C20H21N. The first kappa shape index (κ1) is 12.0. The second-order valence-electron chi connectivity index (χ2n) is 6.98. The molecule has 3 aliphatic rings. The summed E-state index contributed by atoms with van der Waals surface area (Å²) in [7, 11) is 0. The average molecular weight is 275 g/mol. The van der Waals surface area contributed by atoms with Crippen LogP contribution >= 0.6 is 0 Å². The van der Waals surface area contributed by atoms with Gasteiger partial charge in [0.05, 0.1) is 11.1 Å². The molecule has 2 bridgehead atoms. The van der Waals surface area contributed by atoms with Crippen molar-refractivity contribution in [3.05, 3.63) is 70.8 Å². The van der Waals surface area contributed by atoms with Gasteiger partial charge in [0.1, 0.15) is 0 Å². The van der Waals surface area contributed by atoms with E-state index in [9.17, 15) is 0 Å². The Balaban J connectivity index is 1.92. The summed E-state index contributed by atoms with van der Waals surface area (Å²) >= 11 is 0. The summed E-state index contributed by atoms with van der Waals surface area (Å²) in [4.78, 5) is 2.86. The number of benzene rings is 2. The van der Waals surface area contributed by atoms with Crippen molar-refractivity contribution >= 4 is 0 Å². The molecule has 0 N–H and O–H groups in total. The van der Waals surface area contributed by atoms with Crippen LogP contribution in [0.5, 0.6) is 0 Å². The number of nitrogens with zero attached hydrogens (tertiary/aromatic N) is 1. The van der Waals surface area contributed by atoms with Crippen molar-refractivity contribution in [1.82, 2.24) is 4.90 Å². The SMILES string of the molecule is CCC12c3ccccc3C(C)(c3ccccc31)N2C1CC1. The molecule has 1 fully saturated rings.